The minimum atomic E-state index is 0.0679. The third-order valence-corrected chi connectivity index (χ3v) is 6.48. The van der Waals surface area contributed by atoms with E-state index in [0.717, 1.165) is 52.0 Å². The molecular formula is C21H25N5OS. The van der Waals surface area contributed by atoms with Crippen molar-refractivity contribution in [2.75, 3.05) is 19.4 Å². The first kappa shape index (κ1) is 19.0. The van der Waals surface area contributed by atoms with E-state index >= 15 is 0 Å². The monoisotopic (exact) mass is 395 g/mol. The zero-order valence-corrected chi connectivity index (χ0v) is 17.3. The predicted molar refractivity (Wildman–Crippen MR) is 113 cm³/mol. The third-order valence-electron chi connectivity index (χ3n) is 5.52. The summed E-state index contributed by atoms with van der Waals surface area (Å²) in [5.74, 6) is 0.733. The summed E-state index contributed by atoms with van der Waals surface area (Å²) in [4.78, 5) is 29.2. The van der Waals surface area contributed by atoms with Crippen molar-refractivity contribution in [2.24, 2.45) is 5.92 Å². The van der Waals surface area contributed by atoms with Crippen molar-refractivity contribution < 1.29 is 4.79 Å². The van der Waals surface area contributed by atoms with Gasteiger partial charge in [0.25, 0.3) is 0 Å². The molecule has 0 aliphatic heterocycles. The molecule has 1 amide bonds. The first-order valence-electron chi connectivity index (χ1n) is 9.65. The van der Waals surface area contributed by atoms with E-state index in [4.69, 9.17) is 0 Å². The molecule has 6 nitrogen and oxygen atoms in total. The van der Waals surface area contributed by atoms with Crippen LogP contribution in [-0.2, 0) is 4.79 Å². The van der Waals surface area contributed by atoms with Crippen LogP contribution in [0, 0.1) is 12.8 Å². The van der Waals surface area contributed by atoms with Crippen molar-refractivity contribution in [3.05, 3.63) is 35.7 Å². The van der Waals surface area contributed by atoms with Gasteiger partial charge in [-0.3, -0.25) is 9.78 Å². The summed E-state index contributed by atoms with van der Waals surface area (Å²) >= 11 is 1.65. The number of carbonyl (C=O) groups is 1. The van der Waals surface area contributed by atoms with Gasteiger partial charge in [-0.25, -0.2) is 9.97 Å². The molecule has 1 fully saturated rings. The first-order chi connectivity index (χ1) is 13.5. The lowest BCUT2D eigenvalue weighted by molar-refractivity contribution is -0.121. The number of nitrogens with zero attached hydrogens (tertiary/aromatic N) is 4. The molecule has 0 aromatic carbocycles. The fraction of sp³-hybridized carbons (Fsp3) is 0.429. The maximum atomic E-state index is 12.7. The van der Waals surface area contributed by atoms with Crippen molar-refractivity contribution in [1.82, 2.24) is 19.9 Å². The van der Waals surface area contributed by atoms with Crippen LogP contribution in [0.4, 0.5) is 5.82 Å². The van der Waals surface area contributed by atoms with Gasteiger partial charge in [-0.2, -0.15) is 0 Å². The van der Waals surface area contributed by atoms with Crippen LogP contribution in [0.25, 0.3) is 21.3 Å². The number of thiazole rings is 1. The summed E-state index contributed by atoms with van der Waals surface area (Å²) in [5, 5.41) is 5.00. The van der Waals surface area contributed by atoms with E-state index < -0.39 is 0 Å². The minimum absolute atomic E-state index is 0.0679. The van der Waals surface area contributed by atoms with Gasteiger partial charge in [-0.1, -0.05) is 0 Å². The second-order valence-electron chi connectivity index (χ2n) is 7.69. The summed E-state index contributed by atoms with van der Waals surface area (Å²) < 4.78 is 0. The number of fused-ring (bicyclic) bond motifs is 1. The number of aryl methyl sites for hydroxylation is 1. The molecule has 3 aromatic heterocycles. The smallest absolute Gasteiger partial charge is 0.228 e. The number of rotatable bonds is 4. The Balaban J connectivity index is 1.49. The topological polar surface area (TPSA) is 71.0 Å². The van der Waals surface area contributed by atoms with Gasteiger partial charge in [0.2, 0.25) is 5.91 Å². The third kappa shape index (κ3) is 4.05. The lowest BCUT2D eigenvalue weighted by Crippen LogP contribution is -2.35. The fourth-order valence-corrected chi connectivity index (χ4v) is 4.57. The quantitative estimate of drug-likeness (QED) is 0.719. The van der Waals surface area contributed by atoms with Crippen LogP contribution >= 0.6 is 11.3 Å². The van der Waals surface area contributed by atoms with Crippen molar-refractivity contribution in [1.29, 1.82) is 0 Å². The summed E-state index contributed by atoms with van der Waals surface area (Å²) in [6.45, 7) is 1.99. The summed E-state index contributed by atoms with van der Waals surface area (Å²) in [6, 6.07) is 4.57. The molecule has 1 N–H and O–H groups in total. The van der Waals surface area contributed by atoms with Crippen molar-refractivity contribution >= 4 is 34.0 Å². The van der Waals surface area contributed by atoms with Gasteiger partial charge in [0.1, 0.15) is 5.82 Å². The molecule has 3 heterocycles. The van der Waals surface area contributed by atoms with E-state index in [0.29, 0.717) is 11.9 Å². The van der Waals surface area contributed by atoms with Crippen LogP contribution in [0.2, 0.25) is 0 Å². The molecule has 3 aromatic rings. The molecule has 0 saturated heterocycles. The van der Waals surface area contributed by atoms with Crippen LogP contribution in [0.3, 0.4) is 0 Å². The number of hydrogen-bond acceptors (Lipinski definition) is 6. The second kappa shape index (κ2) is 7.93. The molecule has 0 spiro atoms. The van der Waals surface area contributed by atoms with E-state index in [-0.39, 0.29) is 11.8 Å². The molecule has 1 saturated carbocycles. The van der Waals surface area contributed by atoms with Gasteiger partial charge >= 0.3 is 0 Å². The molecule has 146 valence electrons. The molecule has 0 unspecified atom stereocenters. The van der Waals surface area contributed by atoms with Gasteiger partial charge in [-0.05, 0) is 58.8 Å². The molecule has 0 radical (unpaired) electrons. The number of hydrogen-bond donors (Lipinski definition) is 1. The average Bonchev–Trinajstić information content (AvgIpc) is 3.14. The van der Waals surface area contributed by atoms with Gasteiger partial charge in [0.05, 0.1) is 21.6 Å². The molecular weight excluding hydrogens is 370 g/mol. The van der Waals surface area contributed by atoms with Crippen LogP contribution in [-0.4, -0.2) is 45.9 Å². The fourth-order valence-electron chi connectivity index (χ4n) is 3.81. The lowest BCUT2D eigenvalue weighted by Gasteiger charge is -2.31. The standard InChI is InChI=1S/C21H25N5OS/c1-13-22-12-19(28-13)16-8-15-9-20(24-11-18(15)23-10-16)25-21(27)14-4-6-17(7-5-14)26(2)3/h8-12,14,17H,4-7H2,1-3H3,(H,24,25,27). The zero-order valence-electron chi connectivity index (χ0n) is 16.5. The van der Waals surface area contributed by atoms with Crippen molar-refractivity contribution in [3.8, 4) is 10.4 Å². The lowest BCUT2D eigenvalue weighted by atomic mass is 9.85. The SMILES string of the molecule is Cc1ncc(-c2cnc3cnc(NC(=O)C4CCC(N(C)C)CC4)cc3c2)s1. The molecule has 0 bridgehead atoms. The molecule has 1 aliphatic rings. The van der Waals surface area contributed by atoms with E-state index in [1.54, 1.807) is 17.5 Å². The highest BCUT2D eigenvalue weighted by molar-refractivity contribution is 7.15. The molecule has 28 heavy (non-hydrogen) atoms. The highest BCUT2D eigenvalue weighted by Crippen LogP contribution is 2.29. The Morgan fingerprint density at radius 3 is 2.54 bits per heavy atom. The Morgan fingerprint density at radius 1 is 1.07 bits per heavy atom. The normalized spacial score (nSPS) is 19.9. The number of amides is 1. The van der Waals surface area contributed by atoms with E-state index in [2.05, 4.69) is 45.3 Å². The molecule has 7 heteroatoms. The van der Waals surface area contributed by atoms with Crippen LogP contribution in [0.5, 0.6) is 0 Å². The maximum absolute atomic E-state index is 12.7. The van der Waals surface area contributed by atoms with E-state index in [1.807, 2.05) is 25.4 Å². The number of nitrogens with one attached hydrogen (secondary N) is 1. The predicted octanol–water partition coefficient (Wildman–Crippen LogP) is 4.12. The van der Waals surface area contributed by atoms with Crippen LogP contribution < -0.4 is 5.32 Å². The Hall–Kier alpha value is -2.38. The van der Waals surface area contributed by atoms with Gasteiger partial charge < -0.3 is 10.2 Å². The Kier molecular flexibility index (Phi) is 5.37. The summed E-state index contributed by atoms with van der Waals surface area (Å²) in [6.07, 6.45) is 9.43. The zero-order chi connectivity index (χ0) is 19.7. The number of carbonyl (C=O) groups excluding carboxylic acids is 1. The Morgan fingerprint density at radius 2 is 1.86 bits per heavy atom. The number of aromatic nitrogens is 3. The molecule has 1 aliphatic carbocycles. The van der Waals surface area contributed by atoms with E-state index in [9.17, 15) is 4.79 Å². The second-order valence-corrected chi connectivity index (χ2v) is 8.92. The van der Waals surface area contributed by atoms with Crippen LogP contribution in [0.15, 0.2) is 30.7 Å². The van der Waals surface area contributed by atoms with Gasteiger partial charge in [0.15, 0.2) is 0 Å². The van der Waals surface area contributed by atoms with Gasteiger partial charge in [0, 0.05) is 35.3 Å². The van der Waals surface area contributed by atoms with Gasteiger partial charge in [-0.15, -0.1) is 11.3 Å². The van der Waals surface area contributed by atoms with Crippen molar-refractivity contribution in [3.63, 3.8) is 0 Å². The molecule has 0 atom stereocenters. The highest BCUT2D eigenvalue weighted by atomic mass is 32.1. The first-order valence-corrected chi connectivity index (χ1v) is 10.5. The summed E-state index contributed by atoms with van der Waals surface area (Å²) in [7, 11) is 4.22. The Labute approximate surface area is 169 Å². The highest BCUT2D eigenvalue weighted by Gasteiger charge is 2.27. The van der Waals surface area contributed by atoms with E-state index in [1.165, 1.54) is 0 Å². The van der Waals surface area contributed by atoms with Crippen molar-refractivity contribution in [2.45, 2.75) is 38.6 Å². The number of anilines is 1. The number of pyridine rings is 2. The molecule has 4 rings (SSSR count). The maximum Gasteiger partial charge on any atom is 0.228 e. The van der Waals surface area contributed by atoms with Crippen LogP contribution in [0.1, 0.15) is 30.7 Å². The summed E-state index contributed by atoms with van der Waals surface area (Å²) in [5.41, 5.74) is 1.85. The Bertz CT molecular complexity index is 991. The average molecular weight is 396 g/mol. The largest absolute Gasteiger partial charge is 0.310 e. The minimum Gasteiger partial charge on any atom is -0.310 e.